The first-order chi connectivity index (χ1) is 10.0. The fourth-order valence-corrected chi connectivity index (χ4v) is 3.77. The lowest BCUT2D eigenvalue weighted by Gasteiger charge is -2.52. The van der Waals surface area contributed by atoms with Gasteiger partial charge < -0.3 is 10.0 Å². The molecule has 1 aromatic rings. The fraction of sp³-hybridized carbons (Fsp3) is 0.500. The minimum absolute atomic E-state index is 0.0194. The third-order valence-corrected chi connectivity index (χ3v) is 4.82. The molecule has 2 fully saturated rings. The van der Waals surface area contributed by atoms with Gasteiger partial charge in [0.25, 0.3) is 0 Å². The average molecular weight is 288 g/mol. The van der Waals surface area contributed by atoms with Crippen LogP contribution in [0.25, 0.3) is 0 Å². The van der Waals surface area contributed by atoms with E-state index in [1.54, 1.807) is 4.90 Å². The van der Waals surface area contributed by atoms with Gasteiger partial charge in [-0.1, -0.05) is 30.3 Å². The van der Waals surface area contributed by atoms with Gasteiger partial charge in [0.2, 0.25) is 5.91 Å². The largest absolute Gasteiger partial charge is 0.481 e. The lowest BCUT2D eigenvalue weighted by atomic mass is 9.76. The highest BCUT2D eigenvalue weighted by atomic mass is 16.4. The van der Waals surface area contributed by atoms with E-state index in [4.69, 9.17) is 0 Å². The van der Waals surface area contributed by atoms with E-state index in [2.05, 4.69) is 4.90 Å². The molecular weight excluding hydrogens is 268 g/mol. The second-order valence-electron chi connectivity index (χ2n) is 6.07. The number of amides is 1. The number of rotatable bonds is 3. The molecule has 0 aliphatic carbocycles. The van der Waals surface area contributed by atoms with E-state index in [0.29, 0.717) is 19.6 Å². The molecule has 5 heteroatoms. The van der Waals surface area contributed by atoms with Crippen molar-refractivity contribution >= 4 is 11.9 Å². The molecule has 0 aromatic heterocycles. The predicted octanol–water partition coefficient (Wildman–Crippen LogP) is 1.19. The highest BCUT2D eigenvalue weighted by Gasteiger charge is 2.59. The van der Waals surface area contributed by atoms with Crippen LogP contribution in [0.3, 0.4) is 0 Å². The van der Waals surface area contributed by atoms with E-state index >= 15 is 0 Å². The van der Waals surface area contributed by atoms with Gasteiger partial charge in [-0.05, 0) is 12.0 Å². The number of nitrogens with zero attached hydrogens (tertiary/aromatic N) is 2. The Hall–Kier alpha value is -1.88. The normalized spacial score (nSPS) is 28.6. The number of carbonyl (C=O) groups excluding carboxylic acids is 1. The molecule has 2 saturated heterocycles. The molecule has 1 amide bonds. The molecule has 5 nitrogen and oxygen atoms in total. The number of carbonyl (C=O) groups is 2. The Morgan fingerprint density at radius 1 is 1.33 bits per heavy atom. The van der Waals surface area contributed by atoms with Crippen LogP contribution in [-0.2, 0) is 16.1 Å². The Kier molecular flexibility index (Phi) is 3.45. The van der Waals surface area contributed by atoms with E-state index in [-0.39, 0.29) is 5.91 Å². The molecule has 0 radical (unpaired) electrons. The SMILES string of the molecule is CC(=O)N1CC[C@]12CN(Cc1ccccc1)C[C@H]2C(=O)O. The van der Waals surface area contributed by atoms with Crippen molar-refractivity contribution in [2.24, 2.45) is 5.92 Å². The summed E-state index contributed by atoms with van der Waals surface area (Å²) in [6.07, 6.45) is 0.787. The topological polar surface area (TPSA) is 60.9 Å². The summed E-state index contributed by atoms with van der Waals surface area (Å²) in [5.41, 5.74) is 0.680. The predicted molar refractivity (Wildman–Crippen MR) is 77.6 cm³/mol. The first-order valence-corrected chi connectivity index (χ1v) is 7.30. The van der Waals surface area contributed by atoms with Gasteiger partial charge in [0.1, 0.15) is 0 Å². The van der Waals surface area contributed by atoms with E-state index in [9.17, 15) is 14.7 Å². The van der Waals surface area contributed by atoms with Gasteiger partial charge in [-0.2, -0.15) is 0 Å². The molecule has 1 aromatic carbocycles. The molecule has 1 N–H and O–H groups in total. The molecule has 2 aliphatic rings. The van der Waals surface area contributed by atoms with Gasteiger partial charge in [0, 0.05) is 33.1 Å². The molecule has 0 bridgehead atoms. The summed E-state index contributed by atoms with van der Waals surface area (Å²) in [6.45, 7) is 4.10. The first-order valence-electron chi connectivity index (χ1n) is 7.30. The summed E-state index contributed by atoms with van der Waals surface area (Å²) in [5, 5.41) is 9.53. The van der Waals surface area contributed by atoms with Crippen molar-refractivity contribution in [1.82, 2.24) is 9.80 Å². The summed E-state index contributed by atoms with van der Waals surface area (Å²) in [4.78, 5) is 27.2. The number of likely N-dealkylation sites (tertiary alicyclic amines) is 2. The summed E-state index contributed by atoms with van der Waals surface area (Å²) >= 11 is 0. The standard InChI is InChI=1S/C16H20N2O3/c1-12(19)18-8-7-16(18)11-17(10-14(16)15(20)21)9-13-5-3-2-4-6-13/h2-6,14H,7-11H2,1H3,(H,20,21)/t14-,16+/m0/s1. The summed E-state index contributed by atoms with van der Waals surface area (Å²) in [6, 6.07) is 10.0. The van der Waals surface area contributed by atoms with Crippen LogP contribution >= 0.6 is 0 Å². The minimum Gasteiger partial charge on any atom is -0.481 e. The summed E-state index contributed by atoms with van der Waals surface area (Å²) < 4.78 is 0. The van der Waals surface area contributed by atoms with Crippen molar-refractivity contribution in [2.75, 3.05) is 19.6 Å². The number of carboxylic acid groups (broad SMARTS) is 1. The van der Waals surface area contributed by atoms with Crippen LogP contribution < -0.4 is 0 Å². The van der Waals surface area contributed by atoms with Crippen LogP contribution in [0.4, 0.5) is 0 Å². The number of aliphatic carboxylic acids is 1. The van der Waals surface area contributed by atoms with Crippen LogP contribution in [0.15, 0.2) is 30.3 Å². The summed E-state index contributed by atoms with van der Waals surface area (Å²) in [5.74, 6) is -1.30. The van der Waals surface area contributed by atoms with E-state index in [1.165, 1.54) is 12.5 Å². The van der Waals surface area contributed by atoms with Crippen LogP contribution in [0.1, 0.15) is 18.9 Å². The van der Waals surface area contributed by atoms with Crippen molar-refractivity contribution in [3.05, 3.63) is 35.9 Å². The first kappa shape index (κ1) is 14.1. The highest BCUT2D eigenvalue weighted by molar-refractivity contribution is 5.79. The lowest BCUT2D eigenvalue weighted by molar-refractivity contribution is -0.158. The zero-order valence-electron chi connectivity index (χ0n) is 12.2. The van der Waals surface area contributed by atoms with E-state index in [1.807, 2.05) is 30.3 Å². The monoisotopic (exact) mass is 288 g/mol. The highest BCUT2D eigenvalue weighted by Crippen LogP contribution is 2.43. The average Bonchev–Trinajstić information content (AvgIpc) is 2.80. The molecule has 112 valence electrons. The van der Waals surface area contributed by atoms with E-state index < -0.39 is 17.4 Å². The molecule has 0 saturated carbocycles. The Morgan fingerprint density at radius 2 is 2.05 bits per heavy atom. The second-order valence-corrected chi connectivity index (χ2v) is 6.07. The summed E-state index contributed by atoms with van der Waals surface area (Å²) in [7, 11) is 0. The van der Waals surface area contributed by atoms with Crippen molar-refractivity contribution in [3.8, 4) is 0 Å². The quantitative estimate of drug-likeness (QED) is 0.907. The maximum absolute atomic E-state index is 11.7. The Labute approximate surface area is 124 Å². The van der Waals surface area contributed by atoms with Gasteiger partial charge in [0.15, 0.2) is 0 Å². The maximum Gasteiger partial charge on any atom is 0.310 e. The Bertz CT molecular complexity index is 560. The van der Waals surface area contributed by atoms with Crippen LogP contribution in [0, 0.1) is 5.92 Å². The molecular formula is C16H20N2O3. The zero-order chi connectivity index (χ0) is 15.0. The Morgan fingerprint density at radius 3 is 2.57 bits per heavy atom. The lowest BCUT2D eigenvalue weighted by Crippen LogP contribution is -2.67. The van der Waals surface area contributed by atoms with Crippen LogP contribution in [-0.4, -0.2) is 52.0 Å². The van der Waals surface area contributed by atoms with Gasteiger partial charge in [-0.3, -0.25) is 14.5 Å². The van der Waals surface area contributed by atoms with Crippen molar-refractivity contribution in [1.29, 1.82) is 0 Å². The number of carboxylic acids is 1. The fourth-order valence-electron chi connectivity index (χ4n) is 3.77. The van der Waals surface area contributed by atoms with Gasteiger partial charge in [-0.25, -0.2) is 0 Å². The molecule has 2 aliphatic heterocycles. The zero-order valence-corrected chi connectivity index (χ0v) is 12.2. The molecule has 3 rings (SSSR count). The third kappa shape index (κ3) is 2.31. The van der Waals surface area contributed by atoms with Gasteiger partial charge in [-0.15, -0.1) is 0 Å². The molecule has 0 unspecified atom stereocenters. The van der Waals surface area contributed by atoms with Crippen molar-refractivity contribution in [2.45, 2.75) is 25.4 Å². The van der Waals surface area contributed by atoms with Gasteiger partial charge >= 0.3 is 5.97 Å². The molecule has 21 heavy (non-hydrogen) atoms. The van der Waals surface area contributed by atoms with Crippen molar-refractivity contribution < 1.29 is 14.7 Å². The van der Waals surface area contributed by atoms with Crippen molar-refractivity contribution in [3.63, 3.8) is 0 Å². The molecule has 2 atom stereocenters. The Balaban J connectivity index is 1.79. The number of benzene rings is 1. The smallest absolute Gasteiger partial charge is 0.310 e. The third-order valence-electron chi connectivity index (χ3n) is 4.82. The maximum atomic E-state index is 11.7. The number of hydrogen-bond acceptors (Lipinski definition) is 3. The number of hydrogen-bond donors (Lipinski definition) is 1. The minimum atomic E-state index is -0.795. The van der Waals surface area contributed by atoms with Crippen LogP contribution in [0.5, 0.6) is 0 Å². The van der Waals surface area contributed by atoms with Gasteiger partial charge in [0.05, 0.1) is 11.5 Å². The molecule has 1 spiro atoms. The molecule has 2 heterocycles. The second kappa shape index (κ2) is 5.15. The van der Waals surface area contributed by atoms with Crippen LogP contribution in [0.2, 0.25) is 0 Å². The van der Waals surface area contributed by atoms with E-state index in [0.717, 1.165) is 13.0 Å².